The summed E-state index contributed by atoms with van der Waals surface area (Å²) in [5, 5.41) is 0. The van der Waals surface area contributed by atoms with Crippen molar-refractivity contribution in [3.05, 3.63) is 9.85 Å². The normalized spacial score (nSPS) is 23.7. The van der Waals surface area contributed by atoms with Gasteiger partial charge in [-0.05, 0) is 59.8 Å². The first-order valence-corrected chi connectivity index (χ1v) is 12.4. The lowest BCUT2D eigenvalue weighted by Crippen LogP contribution is -2.32. The van der Waals surface area contributed by atoms with Gasteiger partial charge in [0.1, 0.15) is 0 Å². The van der Waals surface area contributed by atoms with Gasteiger partial charge in [0.05, 0.1) is 27.2 Å². The average molecular weight is 482 g/mol. The third-order valence-electron chi connectivity index (χ3n) is 6.22. The van der Waals surface area contributed by atoms with Gasteiger partial charge in [-0.15, -0.1) is 11.3 Å². The number of fused-ring (bicyclic) bond motifs is 1. The van der Waals surface area contributed by atoms with Gasteiger partial charge in [0.15, 0.2) is 5.82 Å². The quantitative estimate of drug-likeness (QED) is 0.618. The van der Waals surface area contributed by atoms with Crippen LogP contribution in [0.2, 0.25) is 0 Å². The van der Waals surface area contributed by atoms with E-state index in [4.69, 9.17) is 14.7 Å². The Morgan fingerprint density at radius 2 is 2.10 bits per heavy atom. The zero-order valence-corrected chi connectivity index (χ0v) is 20.1. The van der Waals surface area contributed by atoms with E-state index in [-0.39, 0.29) is 0 Å². The molecule has 2 atom stereocenters. The summed E-state index contributed by atoms with van der Waals surface area (Å²) >= 11 is 5.39. The van der Waals surface area contributed by atoms with Gasteiger partial charge in [0.25, 0.3) is 0 Å². The maximum Gasteiger partial charge on any atom is 0.227 e. The highest BCUT2D eigenvalue weighted by Crippen LogP contribution is 2.37. The first kappa shape index (κ1) is 21.3. The molecule has 2 aromatic heterocycles. The fraction of sp³-hybridized carbons (Fsp3) is 0.714. The molecule has 0 N–H and O–H groups in total. The molecule has 4 heterocycles. The number of halogens is 1. The second-order valence-corrected chi connectivity index (χ2v) is 10.8. The summed E-state index contributed by atoms with van der Waals surface area (Å²) in [4.78, 5) is 17.2. The van der Waals surface area contributed by atoms with Gasteiger partial charge >= 0.3 is 0 Å². The molecular formula is C21H32BrN5OS. The maximum absolute atomic E-state index is 5.85. The van der Waals surface area contributed by atoms with Crippen LogP contribution in [0.3, 0.4) is 0 Å². The number of aromatic nitrogens is 2. The van der Waals surface area contributed by atoms with E-state index in [1.807, 2.05) is 0 Å². The topological polar surface area (TPSA) is 44.7 Å². The lowest BCUT2D eigenvalue weighted by Gasteiger charge is -2.27. The van der Waals surface area contributed by atoms with Crippen molar-refractivity contribution in [1.29, 1.82) is 0 Å². The third kappa shape index (κ3) is 4.86. The second-order valence-electron chi connectivity index (χ2n) is 8.34. The van der Waals surface area contributed by atoms with E-state index < -0.39 is 0 Å². The fourth-order valence-corrected chi connectivity index (χ4v) is 5.94. The first-order chi connectivity index (χ1) is 14.1. The molecule has 8 heteroatoms. The van der Waals surface area contributed by atoms with Crippen LogP contribution in [-0.4, -0.2) is 74.4 Å². The number of anilines is 2. The molecule has 0 spiro atoms. The van der Waals surface area contributed by atoms with Gasteiger partial charge in [-0.1, -0.05) is 13.8 Å². The summed E-state index contributed by atoms with van der Waals surface area (Å²) < 4.78 is 8.13. The Hall–Kier alpha value is -0.960. The molecule has 160 valence electrons. The van der Waals surface area contributed by atoms with Crippen LogP contribution < -0.4 is 9.80 Å². The van der Waals surface area contributed by atoms with Crippen molar-refractivity contribution in [3.8, 4) is 0 Å². The highest BCUT2D eigenvalue weighted by molar-refractivity contribution is 9.11. The van der Waals surface area contributed by atoms with Crippen LogP contribution in [0.4, 0.5) is 11.8 Å². The minimum Gasteiger partial charge on any atom is -0.379 e. The maximum atomic E-state index is 5.85. The van der Waals surface area contributed by atoms with E-state index in [9.17, 15) is 0 Å². The number of hydrogen-bond donors (Lipinski definition) is 0. The van der Waals surface area contributed by atoms with E-state index >= 15 is 0 Å². The molecule has 2 aliphatic rings. The molecule has 2 aromatic rings. The second kappa shape index (κ2) is 9.45. The number of rotatable bonds is 6. The molecule has 2 aliphatic heterocycles. The Labute approximate surface area is 186 Å². The first-order valence-electron chi connectivity index (χ1n) is 10.8. The lowest BCUT2D eigenvalue weighted by atomic mass is 10.1. The van der Waals surface area contributed by atoms with E-state index in [1.165, 1.54) is 24.2 Å². The highest BCUT2D eigenvalue weighted by atomic mass is 79.9. The van der Waals surface area contributed by atoms with Crippen LogP contribution in [0.1, 0.15) is 26.7 Å². The summed E-state index contributed by atoms with van der Waals surface area (Å²) in [6.07, 6.45) is 2.39. The number of nitrogens with zero attached hydrogens (tertiary/aromatic N) is 5. The van der Waals surface area contributed by atoms with Crippen molar-refractivity contribution in [2.24, 2.45) is 11.8 Å². The molecule has 0 radical (unpaired) electrons. The van der Waals surface area contributed by atoms with Crippen LogP contribution >= 0.6 is 27.3 Å². The molecule has 0 aromatic carbocycles. The van der Waals surface area contributed by atoms with Gasteiger partial charge < -0.3 is 19.4 Å². The third-order valence-corrected chi connectivity index (χ3v) is 7.84. The van der Waals surface area contributed by atoms with Crippen LogP contribution in [0, 0.1) is 11.8 Å². The average Bonchev–Trinajstić information content (AvgIpc) is 3.24. The molecule has 4 rings (SSSR count). The lowest BCUT2D eigenvalue weighted by molar-refractivity contribution is 0.122. The van der Waals surface area contributed by atoms with E-state index in [0.29, 0.717) is 11.8 Å². The van der Waals surface area contributed by atoms with Gasteiger partial charge in [-0.25, -0.2) is 4.98 Å². The summed E-state index contributed by atoms with van der Waals surface area (Å²) in [7, 11) is 2.14. The van der Waals surface area contributed by atoms with E-state index in [0.717, 1.165) is 66.9 Å². The van der Waals surface area contributed by atoms with Gasteiger partial charge in [0, 0.05) is 33.2 Å². The monoisotopic (exact) mass is 481 g/mol. The largest absolute Gasteiger partial charge is 0.379 e. The van der Waals surface area contributed by atoms with Crippen molar-refractivity contribution >= 4 is 49.2 Å². The number of hydrogen-bond acceptors (Lipinski definition) is 7. The zero-order chi connectivity index (χ0) is 20.4. The van der Waals surface area contributed by atoms with Crippen molar-refractivity contribution in [1.82, 2.24) is 14.9 Å². The molecule has 0 aliphatic carbocycles. The van der Waals surface area contributed by atoms with Crippen molar-refractivity contribution in [2.75, 3.05) is 69.3 Å². The van der Waals surface area contributed by atoms with Crippen LogP contribution in [0.15, 0.2) is 9.85 Å². The Morgan fingerprint density at radius 1 is 1.24 bits per heavy atom. The van der Waals surface area contributed by atoms with Crippen LogP contribution in [0.25, 0.3) is 10.2 Å². The minimum absolute atomic E-state index is 0.547. The van der Waals surface area contributed by atoms with E-state index in [1.54, 1.807) is 11.3 Å². The zero-order valence-electron chi connectivity index (χ0n) is 17.7. The Bertz CT molecular complexity index is 831. The number of likely N-dealkylation sites (tertiary alicyclic amines) is 1. The predicted molar refractivity (Wildman–Crippen MR) is 125 cm³/mol. The van der Waals surface area contributed by atoms with Gasteiger partial charge in [-0.3, -0.25) is 0 Å². The predicted octanol–water partition coefficient (Wildman–Crippen LogP) is 4.09. The standard InChI is InChI=1S/C21H32BrN5OS/c1-4-15-13-27(8-9-28-14-15)20-19-17(10-18(22)29-19)23-21(24-20)25(3)11-16-6-7-26(5-2)12-16/h10,15-16H,4-9,11-14H2,1-3H3. The highest BCUT2D eigenvalue weighted by Gasteiger charge is 2.26. The summed E-state index contributed by atoms with van der Waals surface area (Å²) in [6.45, 7) is 12.5. The summed E-state index contributed by atoms with van der Waals surface area (Å²) in [6, 6.07) is 2.13. The molecule has 2 fully saturated rings. The minimum atomic E-state index is 0.547. The summed E-state index contributed by atoms with van der Waals surface area (Å²) in [5.74, 6) is 3.14. The van der Waals surface area contributed by atoms with Gasteiger partial charge in [-0.2, -0.15) is 4.98 Å². The number of ether oxygens (including phenoxy) is 1. The fourth-order valence-electron chi connectivity index (χ4n) is 4.40. The molecule has 2 saturated heterocycles. The molecular weight excluding hydrogens is 450 g/mol. The SMILES string of the molecule is CCC1COCCN(c2nc(N(C)CC3CCN(CC)C3)nc3cc(Br)sc23)C1. The van der Waals surface area contributed by atoms with Crippen molar-refractivity contribution in [3.63, 3.8) is 0 Å². The molecule has 6 nitrogen and oxygen atoms in total. The van der Waals surface area contributed by atoms with E-state index in [2.05, 4.69) is 57.6 Å². The molecule has 29 heavy (non-hydrogen) atoms. The summed E-state index contributed by atoms with van der Waals surface area (Å²) in [5.41, 5.74) is 1.04. The smallest absolute Gasteiger partial charge is 0.227 e. The van der Waals surface area contributed by atoms with Gasteiger partial charge in [0.2, 0.25) is 5.95 Å². The Kier molecular flexibility index (Phi) is 6.94. The Balaban J connectivity index is 1.61. The van der Waals surface area contributed by atoms with Crippen molar-refractivity contribution < 1.29 is 4.74 Å². The number of thiophene rings is 1. The Morgan fingerprint density at radius 3 is 2.86 bits per heavy atom. The molecule has 0 saturated carbocycles. The van der Waals surface area contributed by atoms with Crippen molar-refractivity contribution in [2.45, 2.75) is 26.7 Å². The molecule has 0 amide bonds. The molecule has 2 unspecified atom stereocenters. The molecule has 0 bridgehead atoms. The van der Waals surface area contributed by atoms with Crippen LogP contribution in [0.5, 0.6) is 0 Å². The van der Waals surface area contributed by atoms with Crippen LogP contribution in [-0.2, 0) is 4.74 Å².